The molecule has 1 atom stereocenters. The van der Waals surface area contributed by atoms with Crippen LogP contribution in [0.1, 0.15) is 24.5 Å². The summed E-state index contributed by atoms with van der Waals surface area (Å²) in [5, 5.41) is 0.669. The lowest BCUT2D eigenvalue weighted by Crippen LogP contribution is -2.35. The molecule has 3 heteroatoms. The molecule has 0 aliphatic carbocycles. The molecule has 1 aliphatic rings. The summed E-state index contributed by atoms with van der Waals surface area (Å²) in [4.78, 5) is 3.93. The Morgan fingerprint density at radius 2 is 2.06 bits per heavy atom. The van der Waals surface area contributed by atoms with Gasteiger partial charge in [-0.3, -0.25) is 0 Å². The number of anilines is 1. The molecule has 2 N–H and O–H groups in total. The largest absolute Gasteiger partial charge is 0.369 e. The third-order valence-corrected chi connectivity index (χ3v) is 4.49. The molecular weight excluding hydrogens is 228 g/mol. The average molecular weight is 250 g/mol. The van der Waals surface area contributed by atoms with Crippen LogP contribution in [-0.2, 0) is 0 Å². The second kappa shape index (κ2) is 5.32. The van der Waals surface area contributed by atoms with Crippen molar-refractivity contribution in [3.63, 3.8) is 0 Å². The van der Waals surface area contributed by atoms with Crippen molar-refractivity contribution in [3.8, 4) is 0 Å². The van der Waals surface area contributed by atoms with E-state index in [1.54, 1.807) is 0 Å². The molecule has 0 fully saturated rings. The summed E-state index contributed by atoms with van der Waals surface area (Å²) in [7, 11) is 0. The van der Waals surface area contributed by atoms with Gasteiger partial charge in [-0.1, -0.05) is 6.92 Å². The number of nitrogens with two attached hydrogens (primary N) is 1. The summed E-state index contributed by atoms with van der Waals surface area (Å²) in [5.74, 6) is 0. The van der Waals surface area contributed by atoms with Crippen molar-refractivity contribution in [2.24, 2.45) is 5.73 Å². The van der Waals surface area contributed by atoms with Crippen LogP contribution in [0.3, 0.4) is 0 Å². The van der Waals surface area contributed by atoms with E-state index in [1.165, 1.54) is 21.7 Å². The molecule has 0 saturated heterocycles. The van der Waals surface area contributed by atoms with Gasteiger partial charge in [0.05, 0.1) is 5.69 Å². The number of hydrogen-bond donors (Lipinski definition) is 1. The van der Waals surface area contributed by atoms with E-state index in [4.69, 9.17) is 5.73 Å². The Kier molecular flexibility index (Phi) is 4.00. The summed E-state index contributed by atoms with van der Waals surface area (Å²) in [6.07, 6.45) is 1.07. The minimum absolute atomic E-state index is 0.669. The Morgan fingerprint density at radius 3 is 2.76 bits per heavy atom. The zero-order valence-electron chi connectivity index (χ0n) is 11.0. The predicted octanol–water partition coefficient (Wildman–Crippen LogP) is 2.95. The Balaban J connectivity index is 2.31. The van der Waals surface area contributed by atoms with Crippen LogP contribution in [0.25, 0.3) is 0 Å². The summed E-state index contributed by atoms with van der Waals surface area (Å²) in [6.45, 7) is 9.69. The molecule has 1 aromatic rings. The molecule has 0 bridgehead atoms. The maximum atomic E-state index is 5.62. The van der Waals surface area contributed by atoms with Crippen molar-refractivity contribution in [2.75, 3.05) is 24.5 Å². The summed E-state index contributed by atoms with van der Waals surface area (Å²) in [6, 6.07) is 4.67. The van der Waals surface area contributed by atoms with E-state index in [0.717, 1.165) is 26.1 Å². The first kappa shape index (κ1) is 12.8. The van der Waals surface area contributed by atoms with Crippen LogP contribution in [-0.4, -0.2) is 24.9 Å². The molecule has 17 heavy (non-hydrogen) atoms. The molecule has 0 spiro atoms. The van der Waals surface area contributed by atoms with E-state index >= 15 is 0 Å². The maximum absolute atomic E-state index is 5.62. The second-order valence-corrected chi connectivity index (χ2v) is 6.40. The maximum Gasteiger partial charge on any atom is 0.0507 e. The van der Waals surface area contributed by atoms with Crippen molar-refractivity contribution >= 4 is 17.4 Å². The van der Waals surface area contributed by atoms with E-state index in [1.807, 2.05) is 11.8 Å². The van der Waals surface area contributed by atoms with Crippen LogP contribution in [0.2, 0.25) is 0 Å². The molecule has 0 radical (unpaired) electrons. The first-order chi connectivity index (χ1) is 8.11. The van der Waals surface area contributed by atoms with Gasteiger partial charge in [-0.15, -0.1) is 11.8 Å². The molecule has 0 aromatic heterocycles. The Bertz CT molecular complexity index is 403. The topological polar surface area (TPSA) is 29.3 Å². The number of thioether (sulfide) groups is 1. The van der Waals surface area contributed by atoms with Gasteiger partial charge in [-0.05, 0) is 50.1 Å². The van der Waals surface area contributed by atoms with E-state index in [9.17, 15) is 0 Å². The smallest absolute Gasteiger partial charge is 0.0507 e. The molecule has 1 aliphatic heterocycles. The van der Waals surface area contributed by atoms with Crippen molar-refractivity contribution < 1.29 is 0 Å². The predicted molar refractivity (Wildman–Crippen MR) is 77.1 cm³/mol. The van der Waals surface area contributed by atoms with Crippen molar-refractivity contribution in [2.45, 2.75) is 37.3 Å². The third-order valence-electron chi connectivity index (χ3n) is 3.35. The van der Waals surface area contributed by atoms with Crippen LogP contribution in [0.5, 0.6) is 0 Å². The van der Waals surface area contributed by atoms with Crippen molar-refractivity contribution in [3.05, 3.63) is 23.3 Å². The molecule has 2 rings (SSSR count). The van der Waals surface area contributed by atoms with Gasteiger partial charge in [0.25, 0.3) is 0 Å². The minimum Gasteiger partial charge on any atom is -0.369 e. The van der Waals surface area contributed by atoms with Crippen LogP contribution in [0.4, 0.5) is 5.69 Å². The van der Waals surface area contributed by atoms with Gasteiger partial charge in [0, 0.05) is 23.2 Å². The Hall–Kier alpha value is -0.670. The van der Waals surface area contributed by atoms with E-state index in [0.29, 0.717) is 5.25 Å². The van der Waals surface area contributed by atoms with Gasteiger partial charge in [0.2, 0.25) is 0 Å². The van der Waals surface area contributed by atoms with E-state index in [2.05, 4.69) is 37.8 Å². The van der Waals surface area contributed by atoms with Crippen molar-refractivity contribution in [1.82, 2.24) is 0 Å². The van der Waals surface area contributed by atoms with Gasteiger partial charge in [-0.2, -0.15) is 0 Å². The van der Waals surface area contributed by atoms with Crippen LogP contribution >= 0.6 is 11.8 Å². The van der Waals surface area contributed by atoms with Crippen LogP contribution in [0, 0.1) is 13.8 Å². The van der Waals surface area contributed by atoms with E-state index < -0.39 is 0 Å². The molecule has 0 amide bonds. The highest BCUT2D eigenvalue weighted by Gasteiger charge is 2.22. The zero-order chi connectivity index (χ0) is 12.4. The van der Waals surface area contributed by atoms with Gasteiger partial charge in [0.1, 0.15) is 0 Å². The molecular formula is C14H22N2S. The van der Waals surface area contributed by atoms with Gasteiger partial charge in [0.15, 0.2) is 0 Å². The number of nitrogens with zero attached hydrogens (tertiary/aromatic N) is 1. The number of benzene rings is 1. The monoisotopic (exact) mass is 250 g/mol. The fourth-order valence-electron chi connectivity index (χ4n) is 2.27. The van der Waals surface area contributed by atoms with Gasteiger partial charge in [-0.25, -0.2) is 0 Å². The minimum atomic E-state index is 0.669. The van der Waals surface area contributed by atoms with Crippen molar-refractivity contribution in [1.29, 1.82) is 0 Å². The van der Waals surface area contributed by atoms with Crippen LogP contribution < -0.4 is 10.6 Å². The summed E-state index contributed by atoms with van der Waals surface area (Å²) < 4.78 is 0. The fourth-order valence-corrected chi connectivity index (χ4v) is 3.51. The lowest BCUT2D eigenvalue weighted by Gasteiger charge is -2.35. The number of hydrogen-bond acceptors (Lipinski definition) is 3. The lowest BCUT2D eigenvalue weighted by molar-refractivity contribution is 0.713. The number of rotatable bonds is 3. The highest BCUT2D eigenvalue weighted by atomic mass is 32.2. The quantitative estimate of drug-likeness (QED) is 0.894. The highest BCUT2D eigenvalue weighted by molar-refractivity contribution is 8.00. The van der Waals surface area contributed by atoms with Crippen LogP contribution in [0.15, 0.2) is 17.0 Å². The molecule has 1 aromatic carbocycles. The number of aryl methyl sites for hydroxylation is 2. The molecule has 94 valence electrons. The highest BCUT2D eigenvalue weighted by Crippen LogP contribution is 2.39. The Morgan fingerprint density at radius 1 is 1.35 bits per heavy atom. The lowest BCUT2D eigenvalue weighted by atomic mass is 10.1. The average Bonchev–Trinajstić information content (AvgIpc) is 2.28. The standard InChI is InChI=1S/C14H22N2S/c1-10-7-13-14(8-11(10)2)17-12(3)9-16(13)6-4-5-15/h7-8,12H,4-6,9,15H2,1-3H3. The summed E-state index contributed by atoms with van der Waals surface area (Å²) >= 11 is 2.00. The molecule has 1 heterocycles. The first-order valence-corrected chi connectivity index (χ1v) is 7.22. The van der Waals surface area contributed by atoms with E-state index in [-0.39, 0.29) is 0 Å². The molecule has 0 saturated carbocycles. The normalized spacial score (nSPS) is 19.3. The second-order valence-electron chi connectivity index (χ2n) is 4.92. The SMILES string of the molecule is Cc1cc2c(cc1C)N(CCCN)CC(C)S2. The van der Waals surface area contributed by atoms with Gasteiger partial charge < -0.3 is 10.6 Å². The molecule has 1 unspecified atom stereocenters. The molecule has 2 nitrogen and oxygen atoms in total. The number of fused-ring (bicyclic) bond motifs is 1. The van der Waals surface area contributed by atoms with Gasteiger partial charge >= 0.3 is 0 Å². The zero-order valence-corrected chi connectivity index (χ0v) is 11.8. The Labute approximate surface area is 109 Å². The summed E-state index contributed by atoms with van der Waals surface area (Å²) in [5.41, 5.74) is 9.81. The fraction of sp³-hybridized carbons (Fsp3) is 0.571. The first-order valence-electron chi connectivity index (χ1n) is 6.34. The third kappa shape index (κ3) is 2.78.